The molecule has 80 valence electrons. The SMILES string of the molecule is CCNC(c1onc(C)c1Cl)N(C)C. The summed E-state index contributed by atoms with van der Waals surface area (Å²) in [6.45, 7) is 4.71. The fraction of sp³-hybridized carbons (Fsp3) is 0.667. The molecular formula is C9H16ClN3O. The first-order valence-electron chi connectivity index (χ1n) is 4.59. The van der Waals surface area contributed by atoms with Crippen LogP contribution in [-0.2, 0) is 0 Å². The van der Waals surface area contributed by atoms with Crippen molar-refractivity contribution >= 4 is 11.6 Å². The van der Waals surface area contributed by atoms with Gasteiger partial charge in [-0.05, 0) is 27.6 Å². The molecule has 1 unspecified atom stereocenters. The van der Waals surface area contributed by atoms with Gasteiger partial charge in [0, 0.05) is 0 Å². The average molecular weight is 218 g/mol. The zero-order valence-corrected chi connectivity index (χ0v) is 9.72. The third kappa shape index (κ3) is 2.26. The lowest BCUT2D eigenvalue weighted by molar-refractivity contribution is 0.202. The number of nitrogens with zero attached hydrogens (tertiary/aromatic N) is 2. The standard InChI is InChI=1S/C9H16ClN3O/c1-5-11-9(13(3)4)8-7(10)6(2)12-14-8/h9,11H,5H2,1-4H3. The molecule has 0 bridgehead atoms. The van der Waals surface area contributed by atoms with Gasteiger partial charge in [-0.2, -0.15) is 0 Å². The fourth-order valence-corrected chi connectivity index (χ4v) is 1.42. The number of hydrogen-bond acceptors (Lipinski definition) is 4. The first kappa shape index (κ1) is 11.5. The number of nitrogens with one attached hydrogen (secondary N) is 1. The second-order valence-corrected chi connectivity index (χ2v) is 3.75. The van der Waals surface area contributed by atoms with Crippen LogP contribution in [0.2, 0.25) is 5.02 Å². The number of hydrogen-bond donors (Lipinski definition) is 1. The molecule has 1 heterocycles. The average Bonchev–Trinajstić information content (AvgIpc) is 2.44. The number of halogens is 1. The predicted molar refractivity (Wildman–Crippen MR) is 56.4 cm³/mol. The molecule has 0 fully saturated rings. The summed E-state index contributed by atoms with van der Waals surface area (Å²) in [5.41, 5.74) is 0.728. The van der Waals surface area contributed by atoms with Gasteiger partial charge >= 0.3 is 0 Å². The minimum atomic E-state index is -0.0197. The van der Waals surface area contributed by atoms with Gasteiger partial charge in [-0.25, -0.2) is 0 Å². The largest absolute Gasteiger partial charge is 0.356 e. The van der Waals surface area contributed by atoms with Gasteiger partial charge in [0.25, 0.3) is 0 Å². The Labute approximate surface area is 89.2 Å². The van der Waals surface area contributed by atoms with Crippen LogP contribution in [0.15, 0.2) is 4.52 Å². The van der Waals surface area contributed by atoms with Crippen molar-refractivity contribution in [2.24, 2.45) is 0 Å². The second-order valence-electron chi connectivity index (χ2n) is 3.37. The molecule has 5 heteroatoms. The quantitative estimate of drug-likeness (QED) is 0.782. The molecule has 1 aromatic rings. The summed E-state index contributed by atoms with van der Waals surface area (Å²) in [6.07, 6.45) is -0.0197. The Kier molecular flexibility index (Phi) is 3.92. The van der Waals surface area contributed by atoms with Crippen molar-refractivity contribution < 1.29 is 4.52 Å². The lowest BCUT2D eigenvalue weighted by atomic mass is 10.3. The Morgan fingerprint density at radius 2 is 2.21 bits per heavy atom. The highest BCUT2D eigenvalue weighted by Crippen LogP contribution is 2.26. The minimum Gasteiger partial charge on any atom is -0.356 e. The summed E-state index contributed by atoms with van der Waals surface area (Å²) in [5, 5.41) is 7.69. The molecule has 14 heavy (non-hydrogen) atoms. The normalized spacial score (nSPS) is 13.6. The molecule has 1 atom stereocenters. The van der Waals surface area contributed by atoms with Crippen molar-refractivity contribution in [1.29, 1.82) is 0 Å². The molecule has 0 spiro atoms. The zero-order valence-electron chi connectivity index (χ0n) is 8.97. The first-order chi connectivity index (χ1) is 6.57. The van der Waals surface area contributed by atoms with Gasteiger partial charge in [0.2, 0.25) is 0 Å². The van der Waals surface area contributed by atoms with E-state index in [-0.39, 0.29) is 6.17 Å². The van der Waals surface area contributed by atoms with Crippen molar-refractivity contribution in [3.8, 4) is 0 Å². The molecule has 1 rings (SSSR count). The van der Waals surface area contributed by atoms with Crippen LogP contribution >= 0.6 is 11.6 Å². The molecule has 0 aliphatic rings. The van der Waals surface area contributed by atoms with Gasteiger partial charge in [-0.1, -0.05) is 23.7 Å². The smallest absolute Gasteiger partial charge is 0.187 e. The van der Waals surface area contributed by atoms with E-state index in [0.29, 0.717) is 10.8 Å². The topological polar surface area (TPSA) is 41.3 Å². The lowest BCUT2D eigenvalue weighted by Gasteiger charge is -2.22. The highest BCUT2D eigenvalue weighted by molar-refractivity contribution is 6.31. The minimum absolute atomic E-state index is 0.0197. The van der Waals surface area contributed by atoms with Gasteiger partial charge in [0.1, 0.15) is 11.2 Å². The van der Waals surface area contributed by atoms with E-state index < -0.39 is 0 Å². The van der Waals surface area contributed by atoms with Gasteiger partial charge < -0.3 is 4.52 Å². The molecule has 4 nitrogen and oxygen atoms in total. The van der Waals surface area contributed by atoms with Crippen molar-refractivity contribution in [2.75, 3.05) is 20.6 Å². The Hall–Kier alpha value is -0.580. The summed E-state index contributed by atoms with van der Waals surface area (Å²) in [7, 11) is 3.92. The van der Waals surface area contributed by atoms with Gasteiger partial charge in [-0.3, -0.25) is 10.2 Å². The van der Waals surface area contributed by atoms with E-state index in [0.717, 1.165) is 12.2 Å². The van der Waals surface area contributed by atoms with E-state index in [9.17, 15) is 0 Å². The van der Waals surface area contributed by atoms with Crippen LogP contribution in [0.4, 0.5) is 0 Å². The number of rotatable bonds is 4. The summed E-state index contributed by atoms with van der Waals surface area (Å²) >= 11 is 6.06. The Morgan fingerprint density at radius 1 is 1.57 bits per heavy atom. The second kappa shape index (κ2) is 4.77. The van der Waals surface area contributed by atoms with E-state index in [2.05, 4.69) is 10.5 Å². The van der Waals surface area contributed by atoms with Crippen LogP contribution < -0.4 is 5.32 Å². The lowest BCUT2D eigenvalue weighted by Crippen LogP contribution is -2.33. The van der Waals surface area contributed by atoms with Crippen LogP contribution in [-0.4, -0.2) is 30.7 Å². The van der Waals surface area contributed by atoms with Crippen LogP contribution in [0, 0.1) is 6.92 Å². The van der Waals surface area contributed by atoms with E-state index in [1.54, 1.807) is 0 Å². The molecule has 0 aliphatic heterocycles. The zero-order chi connectivity index (χ0) is 10.7. The molecule has 0 radical (unpaired) electrons. The van der Waals surface area contributed by atoms with E-state index in [4.69, 9.17) is 16.1 Å². The fourth-order valence-electron chi connectivity index (χ4n) is 1.25. The predicted octanol–water partition coefficient (Wildman–Crippen LogP) is 1.81. The number of aromatic nitrogens is 1. The molecular weight excluding hydrogens is 202 g/mol. The van der Waals surface area contributed by atoms with Gasteiger partial charge in [0.05, 0.1) is 5.69 Å². The van der Waals surface area contributed by atoms with E-state index >= 15 is 0 Å². The molecule has 1 N–H and O–H groups in total. The van der Waals surface area contributed by atoms with E-state index in [1.807, 2.05) is 32.8 Å². The molecule has 0 amide bonds. The Morgan fingerprint density at radius 3 is 2.57 bits per heavy atom. The molecule has 0 aliphatic carbocycles. The summed E-state index contributed by atoms with van der Waals surface area (Å²) in [4.78, 5) is 2.00. The molecule has 0 saturated carbocycles. The van der Waals surface area contributed by atoms with Gasteiger partial charge in [-0.15, -0.1) is 0 Å². The molecule has 0 saturated heterocycles. The summed E-state index contributed by atoms with van der Waals surface area (Å²) in [6, 6.07) is 0. The third-order valence-corrected chi connectivity index (χ3v) is 2.44. The highest BCUT2D eigenvalue weighted by atomic mass is 35.5. The molecule has 0 aromatic carbocycles. The van der Waals surface area contributed by atoms with Crippen molar-refractivity contribution in [3.05, 3.63) is 16.5 Å². The van der Waals surface area contributed by atoms with Crippen molar-refractivity contribution in [3.63, 3.8) is 0 Å². The van der Waals surface area contributed by atoms with E-state index in [1.165, 1.54) is 0 Å². The van der Waals surface area contributed by atoms with Crippen molar-refractivity contribution in [2.45, 2.75) is 20.0 Å². The maximum Gasteiger partial charge on any atom is 0.187 e. The van der Waals surface area contributed by atoms with Gasteiger partial charge in [0.15, 0.2) is 5.76 Å². The van der Waals surface area contributed by atoms with Crippen LogP contribution in [0.5, 0.6) is 0 Å². The molecule has 1 aromatic heterocycles. The van der Waals surface area contributed by atoms with Crippen LogP contribution in [0.1, 0.15) is 24.5 Å². The maximum atomic E-state index is 6.06. The Balaban J connectivity index is 2.93. The third-order valence-electron chi connectivity index (χ3n) is 1.98. The maximum absolute atomic E-state index is 6.06. The number of aryl methyl sites for hydroxylation is 1. The monoisotopic (exact) mass is 217 g/mol. The van der Waals surface area contributed by atoms with Crippen LogP contribution in [0.3, 0.4) is 0 Å². The highest BCUT2D eigenvalue weighted by Gasteiger charge is 2.22. The Bertz CT molecular complexity index is 298. The summed E-state index contributed by atoms with van der Waals surface area (Å²) in [5.74, 6) is 0.677. The van der Waals surface area contributed by atoms with Crippen LogP contribution in [0.25, 0.3) is 0 Å². The van der Waals surface area contributed by atoms with Crippen molar-refractivity contribution in [1.82, 2.24) is 15.4 Å². The first-order valence-corrected chi connectivity index (χ1v) is 4.97. The summed E-state index contributed by atoms with van der Waals surface area (Å²) < 4.78 is 5.18.